The van der Waals surface area contributed by atoms with Crippen molar-refractivity contribution in [2.45, 2.75) is 26.2 Å². The Kier molecular flexibility index (Phi) is 3.13. The molecule has 0 nitrogen and oxygen atoms in total. The van der Waals surface area contributed by atoms with Crippen LogP contribution in [0.4, 0.5) is 0 Å². The van der Waals surface area contributed by atoms with Crippen LogP contribution in [0, 0.1) is 0 Å². The Morgan fingerprint density at radius 1 is 1.55 bits per heavy atom. The van der Waals surface area contributed by atoms with Crippen LogP contribution in [0.5, 0.6) is 0 Å². The second-order valence-electron chi connectivity index (χ2n) is 2.89. The summed E-state index contributed by atoms with van der Waals surface area (Å²) in [6.07, 6.45) is 7.82. The van der Waals surface area contributed by atoms with Crippen molar-refractivity contribution in [1.82, 2.24) is 0 Å². The Morgan fingerprint density at radius 2 is 2.27 bits per heavy atom. The van der Waals surface area contributed by atoms with Gasteiger partial charge in [-0.15, -0.1) is 0 Å². The van der Waals surface area contributed by atoms with Crippen LogP contribution in [-0.2, 0) is 0 Å². The minimum absolute atomic E-state index is 1.09. The zero-order valence-electron chi connectivity index (χ0n) is 6.86. The van der Waals surface area contributed by atoms with Gasteiger partial charge in [0, 0.05) is 4.48 Å². The molecular weight excluding hydrogens is 200 g/mol. The van der Waals surface area contributed by atoms with Crippen LogP contribution in [0.2, 0.25) is 0 Å². The highest BCUT2D eigenvalue weighted by Gasteiger charge is 2.07. The lowest BCUT2D eigenvalue weighted by Gasteiger charge is -1.95. The predicted molar refractivity (Wildman–Crippen MR) is 53.8 cm³/mol. The maximum absolute atomic E-state index is 3.69. The molecule has 0 bridgehead atoms. The summed E-state index contributed by atoms with van der Waals surface area (Å²) in [5.41, 5.74) is 3.01. The lowest BCUT2D eigenvalue weighted by atomic mass is 10.1. The molecule has 0 N–H and O–H groups in total. The van der Waals surface area contributed by atoms with Crippen LogP contribution in [0.25, 0.3) is 0 Å². The van der Waals surface area contributed by atoms with E-state index in [1.807, 2.05) is 6.08 Å². The molecular formula is C10H13Br. The lowest BCUT2D eigenvalue weighted by Crippen LogP contribution is -1.74. The smallest absolute Gasteiger partial charge is 0.0172 e. The summed E-state index contributed by atoms with van der Waals surface area (Å²) in [6, 6.07) is 0. The molecule has 0 unspecified atom stereocenters. The first-order valence-electron chi connectivity index (χ1n) is 3.92. The maximum Gasteiger partial charge on any atom is 0.0172 e. The number of allylic oxidation sites excluding steroid dienone is 5. The van der Waals surface area contributed by atoms with Crippen LogP contribution in [-0.4, -0.2) is 0 Å². The van der Waals surface area contributed by atoms with E-state index in [2.05, 4.69) is 35.5 Å². The second kappa shape index (κ2) is 3.91. The monoisotopic (exact) mass is 212 g/mol. The third kappa shape index (κ3) is 2.33. The SMILES string of the molecule is C=C/C(Br)=C\C1=C(C)CCC1. The van der Waals surface area contributed by atoms with Crippen molar-refractivity contribution in [3.8, 4) is 0 Å². The Hall–Kier alpha value is -0.300. The Bertz CT molecular complexity index is 221. The van der Waals surface area contributed by atoms with E-state index in [0.717, 1.165) is 4.48 Å². The van der Waals surface area contributed by atoms with Gasteiger partial charge in [0.25, 0.3) is 0 Å². The van der Waals surface area contributed by atoms with Crippen molar-refractivity contribution in [3.63, 3.8) is 0 Å². The summed E-state index contributed by atoms with van der Waals surface area (Å²) >= 11 is 3.42. The Balaban J connectivity index is 2.75. The summed E-state index contributed by atoms with van der Waals surface area (Å²) < 4.78 is 1.09. The topological polar surface area (TPSA) is 0 Å². The Morgan fingerprint density at radius 3 is 2.73 bits per heavy atom. The zero-order valence-corrected chi connectivity index (χ0v) is 8.45. The van der Waals surface area contributed by atoms with E-state index in [4.69, 9.17) is 0 Å². The minimum Gasteiger partial charge on any atom is -0.0979 e. The molecule has 0 aromatic rings. The van der Waals surface area contributed by atoms with Gasteiger partial charge in [-0.2, -0.15) is 0 Å². The summed E-state index contributed by atoms with van der Waals surface area (Å²) in [5.74, 6) is 0. The van der Waals surface area contributed by atoms with Gasteiger partial charge in [-0.3, -0.25) is 0 Å². The van der Waals surface area contributed by atoms with Gasteiger partial charge in [0.15, 0.2) is 0 Å². The molecule has 0 fully saturated rings. The molecule has 0 atom stereocenters. The molecule has 0 aliphatic heterocycles. The van der Waals surface area contributed by atoms with Gasteiger partial charge < -0.3 is 0 Å². The van der Waals surface area contributed by atoms with Crippen molar-refractivity contribution in [3.05, 3.63) is 34.4 Å². The molecule has 0 amide bonds. The maximum atomic E-state index is 3.69. The van der Waals surface area contributed by atoms with Crippen molar-refractivity contribution < 1.29 is 0 Å². The van der Waals surface area contributed by atoms with E-state index in [1.54, 1.807) is 0 Å². The van der Waals surface area contributed by atoms with Gasteiger partial charge in [-0.05, 0) is 37.8 Å². The fourth-order valence-corrected chi connectivity index (χ4v) is 1.62. The molecule has 1 heteroatoms. The first-order chi connectivity index (χ1) is 5.24. The van der Waals surface area contributed by atoms with E-state index in [0.29, 0.717) is 0 Å². The minimum atomic E-state index is 1.09. The van der Waals surface area contributed by atoms with Crippen molar-refractivity contribution in [1.29, 1.82) is 0 Å². The average molecular weight is 213 g/mol. The van der Waals surface area contributed by atoms with Crippen LogP contribution >= 0.6 is 15.9 Å². The van der Waals surface area contributed by atoms with Gasteiger partial charge in [-0.1, -0.05) is 34.2 Å². The highest BCUT2D eigenvalue weighted by molar-refractivity contribution is 9.11. The highest BCUT2D eigenvalue weighted by Crippen LogP contribution is 2.28. The van der Waals surface area contributed by atoms with Crippen LogP contribution in [0.1, 0.15) is 26.2 Å². The van der Waals surface area contributed by atoms with Gasteiger partial charge >= 0.3 is 0 Å². The molecule has 11 heavy (non-hydrogen) atoms. The molecule has 1 aliphatic carbocycles. The molecule has 1 aliphatic rings. The molecule has 0 aromatic carbocycles. The number of halogens is 1. The van der Waals surface area contributed by atoms with Crippen LogP contribution < -0.4 is 0 Å². The van der Waals surface area contributed by atoms with Gasteiger partial charge in [-0.25, -0.2) is 0 Å². The van der Waals surface area contributed by atoms with Gasteiger partial charge in [0.2, 0.25) is 0 Å². The quantitative estimate of drug-likeness (QED) is 0.609. The molecule has 1 rings (SSSR count). The van der Waals surface area contributed by atoms with E-state index in [9.17, 15) is 0 Å². The average Bonchev–Trinajstić information content (AvgIpc) is 2.37. The zero-order chi connectivity index (χ0) is 8.27. The molecule has 60 valence electrons. The van der Waals surface area contributed by atoms with Gasteiger partial charge in [0.05, 0.1) is 0 Å². The van der Waals surface area contributed by atoms with E-state index >= 15 is 0 Å². The predicted octanol–water partition coefficient (Wildman–Crippen LogP) is 3.95. The first kappa shape index (κ1) is 8.79. The summed E-state index contributed by atoms with van der Waals surface area (Å²) in [5, 5.41) is 0. The highest BCUT2D eigenvalue weighted by atomic mass is 79.9. The number of rotatable bonds is 2. The van der Waals surface area contributed by atoms with Crippen molar-refractivity contribution >= 4 is 15.9 Å². The Labute approximate surface area is 76.8 Å². The van der Waals surface area contributed by atoms with Crippen LogP contribution in [0.15, 0.2) is 34.4 Å². The fraction of sp³-hybridized carbons (Fsp3) is 0.400. The summed E-state index contributed by atoms with van der Waals surface area (Å²) in [4.78, 5) is 0. The third-order valence-corrected chi connectivity index (χ3v) is 2.61. The number of hydrogen-bond acceptors (Lipinski definition) is 0. The summed E-state index contributed by atoms with van der Waals surface area (Å²) in [6.45, 7) is 5.90. The van der Waals surface area contributed by atoms with E-state index in [1.165, 1.54) is 30.4 Å². The summed E-state index contributed by atoms with van der Waals surface area (Å²) in [7, 11) is 0. The third-order valence-electron chi connectivity index (χ3n) is 2.05. The molecule has 0 radical (unpaired) electrons. The molecule has 0 saturated heterocycles. The largest absolute Gasteiger partial charge is 0.0979 e. The van der Waals surface area contributed by atoms with Gasteiger partial charge in [0.1, 0.15) is 0 Å². The lowest BCUT2D eigenvalue weighted by molar-refractivity contribution is 0.899. The van der Waals surface area contributed by atoms with Crippen molar-refractivity contribution in [2.75, 3.05) is 0 Å². The van der Waals surface area contributed by atoms with Crippen LogP contribution in [0.3, 0.4) is 0 Å². The normalized spacial score (nSPS) is 19.3. The second-order valence-corrected chi connectivity index (χ2v) is 3.81. The standard InChI is InChI=1S/C10H13Br/c1-3-10(11)7-9-6-4-5-8(9)2/h3,7H,1,4-6H2,2H3/b10-7+. The van der Waals surface area contributed by atoms with Crippen molar-refractivity contribution in [2.24, 2.45) is 0 Å². The molecule has 0 aromatic heterocycles. The number of hydrogen-bond donors (Lipinski definition) is 0. The fourth-order valence-electron chi connectivity index (χ4n) is 1.34. The first-order valence-corrected chi connectivity index (χ1v) is 4.71. The molecule has 0 saturated carbocycles. The van der Waals surface area contributed by atoms with E-state index in [-0.39, 0.29) is 0 Å². The molecule has 0 heterocycles. The van der Waals surface area contributed by atoms with E-state index < -0.39 is 0 Å². The molecule has 0 spiro atoms.